The number of terminal acetylenes is 1. The molecule has 3 aliphatic heterocycles. The van der Waals surface area contributed by atoms with Crippen LogP contribution in [0.1, 0.15) is 254 Å². The molecule has 18 unspecified atom stereocenters. The van der Waals surface area contributed by atoms with E-state index in [1.54, 1.807) is 26.8 Å². The van der Waals surface area contributed by atoms with Crippen LogP contribution >= 0.6 is 0 Å². The van der Waals surface area contributed by atoms with E-state index in [4.69, 9.17) is 42.9 Å². The number of rotatable bonds is 33. The third kappa shape index (κ3) is 21.4. The van der Waals surface area contributed by atoms with E-state index in [9.17, 15) is 65.4 Å². The SMILES string of the molecule is C#CCCCCCCCCCCCC(O)CC(O)COC(C)=O.C=CCCCCCCCCCCCC(O)CC(O)COC(C)=O.CC=C(C)C(=O)OC1CCC2(C)C3CCC4C5(O)CC(O)C6(O)C(CN7CC(C)CCC7C6(C)O)C5(O)CC42OC13O.O=S(=O)(O)O. The zero-order valence-electron chi connectivity index (χ0n) is 57.1. The Morgan fingerprint density at radius 1 is 0.677 bits per heavy atom. The molecule has 22 nitrogen and oxygen atoms in total. The summed E-state index contributed by atoms with van der Waals surface area (Å²) in [6.45, 7) is 16.3. The van der Waals surface area contributed by atoms with Gasteiger partial charge in [0.1, 0.15) is 35.6 Å². The van der Waals surface area contributed by atoms with Gasteiger partial charge in [0.15, 0.2) is 6.10 Å². The second-order valence-electron chi connectivity index (χ2n) is 28.8. The van der Waals surface area contributed by atoms with E-state index in [1.165, 1.54) is 97.3 Å². The molecule has 0 aromatic rings. The van der Waals surface area contributed by atoms with Crippen LogP contribution < -0.4 is 0 Å². The second-order valence-corrected chi connectivity index (χ2v) is 29.7. The molecular formula is C70H121NO21S. The maximum Gasteiger partial charge on any atom is 0.394 e. The molecule has 23 heteroatoms. The Labute approximate surface area is 555 Å². The zero-order chi connectivity index (χ0) is 69.6. The first kappa shape index (κ1) is 82.3. The Kier molecular flexibility index (Phi) is 32.9. The van der Waals surface area contributed by atoms with Gasteiger partial charge in [-0.2, -0.15) is 8.42 Å². The van der Waals surface area contributed by atoms with E-state index < -0.39 is 122 Å². The van der Waals surface area contributed by atoms with E-state index >= 15 is 0 Å². The van der Waals surface area contributed by atoms with Gasteiger partial charge in [0, 0.05) is 93.8 Å². The fraction of sp³-hybridized carbons (Fsp3) is 0.871. The Bertz CT molecular complexity index is 2500. The van der Waals surface area contributed by atoms with Crippen molar-refractivity contribution in [3.05, 3.63) is 24.3 Å². The van der Waals surface area contributed by atoms with Crippen molar-refractivity contribution in [2.45, 2.75) is 330 Å². The van der Waals surface area contributed by atoms with Crippen LogP contribution in [0.4, 0.5) is 0 Å². The monoisotopic (exact) mass is 1340 g/mol. The lowest BCUT2D eigenvalue weighted by Crippen LogP contribution is -2.85. The van der Waals surface area contributed by atoms with Gasteiger partial charge in [-0.1, -0.05) is 129 Å². The van der Waals surface area contributed by atoms with Gasteiger partial charge in [-0.3, -0.25) is 23.6 Å². The number of hydrogen-bond acceptors (Lipinski definition) is 20. The highest BCUT2D eigenvalue weighted by atomic mass is 32.3. The number of carbonyl (C=O) groups is 3. The van der Waals surface area contributed by atoms with Gasteiger partial charge in [0.2, 0.25) is 5.79 Å². The number of aliphatic hydroxyl groups is 10. The fourth-order valence-electron chi connectivity index (χ4n) is 17.0. The third-order valence-corrected chi connectivity index (χ3v) is 21.9. The molecule has 3 heterocycles. The van der Waals surface area contributed by atoms with Crippen LogP contribution in [0.15, 0.2) is 24.3 Å². The minimum atomic E-state index is -4.67. The summed E-state index contributed by atoms with van der Waals surface area (Å²) in [7, 11) is -4.67. The van der Waals surface area contributed by atoms with Crippen molar-refractivity contribution >= 4 is 28.3 Å². The lowest BCUT2D eigenvalue weighted by atomic mass is 9.49. The Balaban J connectivity index is 0.000000310. The minimum absolute atomic E-state index is 0.0286. The summed E-state index contributed by atoms with van der Waals surface area (Å²) < 4.78 is 53.6. The van der Waals surface area contributed by atoms with Crippen LogP contribution in [0.3, 0.4) is 0 Å². The van der Waals surface area contributed by atoms with Gasteiger partial charge in [-0.25, -0.2) is 4.79 Å². The Hall–Kier alpha value is -3.16. The number of esters is 3. The minimum Gasteiger partial charge on any atom is -0.463 e. The lowest BCUT2D eigenvalue weighted by Gasteiger charge is -2.68. The number of carbonyl (C=O) groups excluding carboxylic acids is 3. The molecule has 4 bridgehead atoms. The number of nitrogens with zero attached hydrogens (tertiary/aromatic N) is 1. The summed E-state index contributed by atoms with van der Waals surface area (Å²) in [5.41, 5.74) is -8.96. The summed E-state index contributed by atoms with van der Waals surface area (Å²) in [6.07, 6.45) is 32.8. The molecule has 3 saturated heterocycles. The largest absolute Gasteiger partial charge is 0.463 e. The molecular weight excluding hydrogens is 1220 g/mol. The Morgan fingerprint density at radius 2 is 1.15 bits per heavy atom. The molecule has 1 spiro atoms. The van der Waals surface area contributed by atoms with Crippen molar-refractivity contribution in [2.75, 3.05) is 26.3 Å². The predicted molar refractivity (Wildman–Crippen MR) is 351 cm³/mol. The molecule has 538 valence electrons. The van der Waals surface area contributed by atoms with Crippen molar-refractivity contribution < 1.29 is 102 Å². The van der Waals surface area contributed by atoms with E-state index in [0.717, 1.165) is 51.4 Å². The number of ether oxygens (including phenoxy) is 4. The number of hydrogen-bond donors (Lipinski definition) is 12. The molecule has 0 radical (unpaired) electrons. The van der Waals surface area contributed by atoms with Crippen molar-refractivity contribution in [1.29, 1.82) is 0 Å². The number of piperidine rings is 2. The maximum absolute atomic E-state index is 12.9. The molecule has 4 aliphatic carbocycles. The van der Waals surface area contributed by atoms with Crippen molar-refractivity contribution in [2.24, 2.45) is 29.1 Å². The molecule has 0 amide bonds. The highest BCUT2D eigenvalue weighted by Gasteiger charge is 2.89. The van der Waals surface area contributed by atoms with Gasteiger partial charge >= 0.3 is 28.3 Å². The quantitative estimate of drug-likeness (QED) is 0.00562. The van der Waals surface area contributed by atoms with Gasteiger partial charge in [-0.05, 0) is 97.3 Å². The predicted octanol–water partition coefficient (Wildman–Crippen LogP) is 8.06. The highest BCUT2D eigenvalue weighted by Crippen LogP contribution is 2.78. The van der Waals surface area contributed by atoms with E-state index in [-0.39, 0.29) is 51.5 Å². The second kappa shape index (κ2) is 37.1. The molecule has 0 aromatic carbocycles. The first-order valence-electron chi connectivity index (χ1n) is 34.9. The molecule has 18 atom stereocenters. The lowest BCUT2D eigenvalue weighted by molar-refractivity contribution is -0.354. The van der Waals surface area contributed by atoms with Crippen molar-refractivity contribution in [3.8, 4) is 12.3 Å². The smallest absolute Gasteiger partial charge is 0.394 e. The van der Waals surface area contributed by atoms with Crippen LogP contribution in [-0.4, -0.2) is 194 Å². The van der Waals surface area contributed by atoms with Crippen LogP contribution in [0.25, 0.3) is 0 Å². The molecule has 4 saturated carbocycles. The van der Waals surface area contributed by atoms with E-state index in [0.29, 0.717) is 63.0 Å². The third-order valence-electron chi connectivity index (χ3n) is 21.9. The van der Waals surface area contributed by atoms with E-state index in [1.807, 2.05) is 13.0 Å². The summed E-state index contributed by atoms with van der Waals surface area (Å²) in [5.74, 6) is -2.19. The van der Waals surface area contributed by atoms with Crippen LogP contribution in [0.5, 0.6) is 0 Å². The average Bonchev–Trinajstić information content (AvgIpc) is 1.48. The van der Waals surface area contributed by atoms with Gasteiger partial charge in [0.05, 0.1) is 36.1 Å². The van der Waals surface area contributed by atoms with Crippen LogP contribution in [0, 0.1) is 41.4 Å². The zero-order valence-corrected chi connectivity index (χ0v) is 58.0. The topological polar surface area (TPSA) is 368 Å². The van der Waals surface area contributed by atoms with Gasteiger partial charge < -0.3 is 70.0 Å². The molecule has 7 aliphatic rings. The van der Waals surface area contributed by atoms with Crippen LogP contribution in [0.2, 0.25) is 0 Å². The van der Waals surface area contributed by atoms with Crippen molar-refractivity contribution in [1.82, 2.24) is 4.90 Å². The number of fused-ring (bicyclic) bond motifs is 5. The van der Waals surface area contributed by atoms with E-state index in [2.05, 4.69) is 24.3 Å². The molecule has 93 heavy (non-hydrogen) atoms. The van der Waals surface area contributed by atoms with Gasteiger partial charge in [0.25, 0.3) is 0 Å². The molecule has 7 fully saturated rings. The summed E-state index contributed by atoms with van der Waals surface area (Å²) in [4.78, 5) is 36.1. The van der Waals surface area contributed by atoms with Crippen molar-refractivity contribution in [3.63, 3.8) is 0 Å². The normalized spacial score (nSPS) is 34.5. The summed E-state index contributed by atoms with van der Waals surface area (Å²) in [6, 6.07) is -0.387. The van der Waals surface area contributed by atoms with Crippen LogP contribution in [-0.2, 0) is 43.7 Å². The Morgan fingerprint density at radius 3 is 1.62 bits per heavy atom. The number of aliphatic hydroxyl groups excluding tert-OH is 5. The molecule has 12 N–H and O–H groups in total. The highest BCUT2D eigenvalue weighted by molar-refractivity contribution is 7.79. The van der Waals surface area contributed by atoms with Gasteiger partial charge in [-0.15, -0.1) is 18.9 Å². The summed E-state index contributed by atoms with van der Waals surface area (Å²) in [5, 5.41) is 113. The molecule has 0 aromatic heterocycles. The average molecular weight is 1340 g/mol. The summed E-state index contributed by atoms with van der Waals surface area (Å²) >= 11 is 0. The fourth-order valence-corrected chi connectivity index (χ4v) is 17.0. The molecule has 7 rings (SSSR count). The standard InChI is InChI=1S/C32H49NO9.C19H36O4.C19H34O4.H2O4S/c1-6-18(3)25(35)41-24-11-12-26(4)19-8-9-20-28(37)13-23(34)31(39)21(29(28,38)16-30(20,26)42-32(19,24)40)15-33-14-17(2)7-10-22(33)27(31,5)36;2*1-3-4-5-6-7-8-9-10-11-12-13-14-18(21)15-19(22)16-23-17(2)20;1-5(2,3)4/h6,17,19-24,34,36-40H,7-16H2,1-5H3;3,18-19,21-22H,1,4-16H2,2H3;1,18-19,21-22H,4-16H2,2H3;(H2,1,2,3,4). The first-order valence-corrected chi connectivity index (χ1v) is 36.3. The number of allylic oxidation sites excluding steroid dienone is 2. The first-order chi connectivity index (χ1) is 43.6. The number of unbranched alkanes of at least 4 members (excludes halogenated alkanes) is 18. The maximum atomic E-state index is 12.9.